The van der Waals surface area contributed by atoms with Gasteiger partial charge in [0, 0.05) is 36.9 Å². The average molecular weight is 337 g/mol. The summed E-state index contributed by atoms with van der Waals surface area (Å²) >= 11 is 6.18. The van der Waals surface area contributed by atoms with E-state index in [1.54, 1.807) is 6.20 Å². The van der Waals surface area contributed by atoms with Gasteiger partial charge in [-0.2, -0.15) is 0 Å². The Morgan fingerprint density at radius 1 is 1.08 bits per heavy atom. The Morgan fingerprint density at radius 2 is 1.96 bits per heavy atom. The number of benzene rings is 1. The molecule has 2 bridgehead atoms. The maximum atomic E-state index is 6.18. The molecule has 2 aromatic heterocycles. The molecule has 120 valence electrons. The standard InChI is InChI=1S/C19H17ClN4/c20-12-7-15-18(21-9-12)8-14-5-6-19(15)24(14)11-13-10-22-16-3-1-2-4-17(16)23-13/h1-4,7,9-10,14,19H,5-6,8,11H2. The number of aromatic nitrogens is 3. The first-order valence-corrected chi connectivity index (χ1v) is 8.76. The van der Waals surface area contributed by atoms with E-state index in [9.17, 15) is 0 Å². The van der Waals surface area contributed by atoms with Gasteiger partial charge >= 0.3 is 0 Å². The van der Waals surface area contributed by atoms with Crippen molar-refractivity contribution in [3.8, 4) is 0 Å². The summed E-state index contributed by atoms with van der Waals surface area (Å²) in [5.41, 5.74) is 5.45. The van der Waals surface area contributed by atoms with Gasteiger partial charge in [-0.05, 0) is 36.6 Å². The summed E-state index contributed by atoms with van der Waals surface area (Å²) in [5.74, 6) is 0. The van der Waals surface area contributed by atoms with Crippen molar-refractivity contribution >= 4 is 22.6 Å². The van der Waals surface area contributed by atoms with E-state index in [0.29, 0.717) is 12.1 Å². The van der Waals surface area contributed by atoms with E-state index in [2.05, 4.69) is 20.9 Å². The molecule has 2 aliphatic heterocycles. The molecule has 0 N–H and O–H groups in total. The molecule has 1 saturated heterocycles. The smallest absolute Gasteiger partial charge is 0.0890 e. The van der Waals surface area contributed by atoms with Crippen LogP contribution in [0.25, 0.3) is 11.0 Å². The van der Waals surface area contributed by atoms with Crippen LogP contribution >= 0.6 is 11.6 Å². The Labute approximate surface area is 145 Å². The molecule has 5 heteroatoms. The van der Waals surface area contributed by atoms with Crippen molar-refractivity contribution in [1.29, 1.82) is 0 Å². The number of para-hydroxylation sites is 2. The number of nitrogens with zero attached hydrogens (tertiary/aromatic N) is 4. The van der Waals surface area contributed by atoms with Crippen LogP contribution in [0.4, 0.5) is 0 Å². The van der Waals surface area contributed by atoms with E-state index in [1.807, 2.05) is 30.5 Å². The molecule has 4 heterocycles. The zero-order valence-electron chi connectivity index (χ0n) is 13.2. The second-order valence-corrected chi connectivity index (χ2v) is 7.10. The van der Waals surface area contributed by atoms with Crippen molar-refractivity contribution in [3.63, 3.8) is 0 Å². The van der Waals surface area contributed by atoms with E-state index < -0.39 is 0 Å². The molecule has 2 unspecified atom stereocenters. The fraction of sp³-hybridized carbons (Fsp3) is 0.316. The Morgan fingerprint density at radius 3 is 2.88 bits per heavy atom. The highest BCUT2D eigenvalue weighted by Crippen LogP contribution is 2.44. The van der Waals surface area contributed by atoms with Gasteiger partial charge in [0.15, 0.2) is 0 Å². The van der Waals surface area contributed by atoms with Crippen molar-refractivity contribution in [2.24, 2.45) is 0 Å². The SMILES string of the molecule is Clc1cnc2c(c1)C1CCC(C2)N1Cc1cnc2ccccc2n1. The van der Waals surface area contributed by atoms with Gasteiger partial charge in [-0.25, -0.2) is 4.98 Å². The third-order valence-electron chi connectivity index (χ3n) is 5.24. The second-order valence-electron chi connectivity index (χ2n) is 6.66. The van der Waals surface area contributed by atoms with Crippen LogP contribution in [0.1, 0.15) is 35.8 Å². The topological polar surface area (TPSA) is 41.9 Å². The second kappa shape index (κ2) is 5.50. The summed E-state index contributed by atoms with van der Waals surface area (Å²) in [4.78, 5) is 16.5. The summed E-state index contributed by atoms with van der Waals surface area (Å²) in [5, 5.41) is 0.726. The number of hydrogen-bond acceptors (Lipinski definition) is 4. The fourth-order valence-electron chi connectivity index (χ4n) is 4.15. The first-order valence-electron chi connectivity index (χ1n) is 8.39. The predicted octanol–water partition coefficient (Wildman–Crippen LogP) is 3.94. The summed E-state index contributed by atoms with van der Waals surface area (Å²) < 4.78 is 0. The van der Waals surface area contributed by atoms with Crippen molar-refractivity contribution in [2.75, 3.05) is 0 Å². The number of fused-ring (bicyclic) bond motifs is 5. The van der Waals surface area contributed by atoms with Crippen LogP contribution in [-0.4, -0.2) is 25.9 Å². The molecule has 3 aromatic rings. The van der Waals surface area contributed by atoms with Crippen LogP contribution < -0.4 is 0 Å². The van der Waals surface area contributed by atoms with Gasteiger partial charge in [0.1, 0.15) is 0 Å². The number of pyridine rings is 1. The molecule has 1 aromatic carbocycles. The molecule has 0 radical (unpaired) electrons. The molecule has 1 fully saturated rings. The quantitative estimate of drug-likeness (QED) is 0.711. The summed E-state index contributed by atoms with van der Waals surface area (Å²) in [7, 11) is 0. The van der Waals surface area contributed by atoms with Crippen LogP contribution in [0.15, 0.2) is 42.7 Å². The molecule has 2 atom stereocenters. The lowest BCUT2D eigenvalue weighted by molar-refractivity contribution is 0.164. The van der Waals surface area contributed by atoms with Crippen LogP contribution in [0.2, 0.25) is 5.02 Å². The van der Waals surface area contributed by atoms with Crippen LogP contribution in [0.3, 0.4) is 0 Å². The first-order chi connectivity index (χ1) is 11.8. The molecule has 0 saturated carbocycles. The Bertz CT molecular complexity index is 926. The normalized spacial score (nSPS) is 22.7. The predicted molar refractivity (Wildman–Crippen MR) is 93.8 cm³/mol. The van der Waals surface area contributed by atoms with E-state index in [4.69, 9.17) is 16.6 Å². The maximum Gasteiger partial charge on any atom is 0.0890 e. The molecule has 4 nitrogen and oxygen atoms in total. The van der Waals surface area contributed by atoms with Crippen LogP contribution in [0, 0.1) is 0 Å². The van der Waals surface area contributed by atoms with E-state index in [0.717, 1.165) is 34.7 Å². The lowest BCUT2D eigenvalue weighted by atomic mass is 9.98. The van der Waals surface area contributed by atoms with Gasteiger partial charge < -0.3 is 0 Å². The summed E-state index contributed by atoms with van der Waals surface area (Å²) in [6.45, 7) is 0.832. The van der Waals surface area contributed by atoms with Crippen LogP contribution in [-0.2, 0) is 13.0 Å². The Balaban J connectivity index is 1.48. The summed E-state index contributed by atoms with van der Waals surface area (Å²) in [6.07, 6.45) is 7.06. The van der Waals surface area contributed by atoms with Crippen molar-refractivity contribution in [1.82, 2.24) is 19.9 Å². The Kier molecular flexibility index (Phi) is 3.28. The van der Waals surface area contributed by atoms with Gasteiger partial charge in [-0.3, -0.25) is 14.9 Å². The van der Waals surface area contributed by atoms with Gasteiger partial charge in [0.05, 0.1) is 27.9 Å². The lowest BCUT2D eigenvalue weighted by Gasteiger charge is -2.35. The molecular weight excluding hydrogens is 320 g/mol. The molecule has 5 rings (SSSR count). The maximum absolute atomic E-state index is 6.18. The highest BCUT2D eigenvalue weighted by molar-refractivity contribution is 6.30. The number of halogens is 1. The zero-order chi connectivity index (χ0) is 16.1. The first kappa shape index (κ1) is 14.3. The van der Waals surface area contributed by atoms with E-state index in [1.165, 1.54) is 24.1 Å². The van der Waals surface area contributed by atoms with E-state index in [-0.39, 0.29) is 0 Å². The number of hydrogen-bond donors (Lipinski definition) is 0. The highest BCUT2D eigenvalue weighted by Gasteiger charge is 2.40. The monoisotopic (exact) mass is 336 g/mol. The molecular formula is C19H17ClN4. The van der Waals surface area contributed by atoms with Crippen molar-refractivity contribution < 1.29 is 0 Å². The largest absolute Gasteiger partial charge is 0.287 e. The third-order valence-corrected chi connectivity index (χ3v) is 5.45. The van der Waals surface area contributed by atoms with Gasteiger partial charge in [0.2, 0.25) is 0 Å². The van der Waals surface area contributed by atoms with Gasteiger partial charge in [0.25, 0.3) is 0 Å². The minimum absolute atomic E-state index is 0.401. The number of rotatable bonds is 2. The minimum Gasteiger partial charge on any atom is -0.287 e. The molecule has 24 heavy (non-hydrogen) atoms. The molecule has 0 amide bonds. The zero-order valence-corrected chi connectivity index (χ0v) is 13.9. The van der Waals surface area contributed by atoms with Crippen molar-refractivity contribution in [2.45, 2.75) is 37.9 Å². The molecule has 0 spiro atoms. The van der Waals surface area contributed by atoms with Gasteiger partial charge in [-0.1, -0.05) is 23.7 Å². The summed E-state index contributed by atoms with van der Waals surface area (Å²) in [6, 6.07) is 11.1. The fourth-order valence-corrected chi connectivity index (χ4v) is 4.32. The minimum atomic E-state index is 0.401. The molecule has 2 aliphatic rings. The third kappa shape index (κ3) is 2.29. The van der Waals surface area contributed by atoms with Crippen LogP contribution in [0.5, 0.6) is 0 Å². The van der Waals surface area contributed by atoms with E-state index >= 15 is 0 Å². The molecule has 0 aliphatic carbocycles. The Hall–Kier alpha value is -2.04. The average Bonchev–Trinajstić information content (AvgIpc) is 2.88. The lowest BCUT2D eigenvalue weighted by Crippen LogP contribution is -2.37. The van der Waals surface area contributed by atoms with Gasteiger partial charge in [-0.15, -0.1) is 0 Å². The highest BCUT2D eigenvalue weighted by atomic mass is 35.5. The van der Waals surface area contributed by atoms with Crippen molar-refractivity contribution in [3.05, 3.63) is 64.7 Å².